The Morgan fingerprint density at radius 3 is 2.15 bits per heavy atom. The largest absolute Gasteiger partial charge is 0.375 e. The molecule has 0 aromatic heterocycles. The van der Waals surface area contributed by atoms with Crippen LogP contribution < -0.4 is 5.73 Å². The third-order valence-corrected chi connectivity index (χ3v) is 3.75. The molecule has 0 aromatic carbocycles. The number of amides is 2. The lowest BCUT2D eigenvalue weighted by Gasteiger charge is -2.36. The summed E-state index contributed by atoms with van der Waals surface area (Å²) in [4.78, 5) is 27.3. The molecule has 0 aromatic rings. The van der Waals surface area contributed by atoms with E-state index in [9.17, 15) is 9.59 Å². The third-order valence-electron chi connectivity index (χ3n) is 3.75. The maximum Gasteiger partial charge on any atom is 0.248 e. The van der Waals surface area contributed by atoms with Crippen molar-refractivity contribution in [3.8, 4) is 0 Å². The zero-order valence-electron chi connectivity index (χ0n) is 12.5. The monoisotopic (exact) mass is 307 g/mol. The minimum absolute atomic E-state index is 0. The lowest BCUT2D eigenvalue weighted by atomic mass is 9.98. The molecule has 2 amide bonds. The number of nitrogens with zero attached hydrogens (tertiary/aromatic N) is 2. The van der Waals surface area contributed by atoms with E-state index in [0.29, 0.717) is 26.2 Å². The number of nitrogens with two attached hydrogens (primary N) is 1. The number of hydrogen-bond donors (Lipinski definition) is 1. The van der Waals surface area contributed by atoms with Crippen molar-refractivity contribution < 1.29 is 14.3 Å². The first-order valence-electron chi connectivity index (χ1n) is 6.82. The predicted molar refractivity (Wildman–Crippen MR) is 79.7 cm³/mol. The number of carbonyl (C=O) groups excluding carboxylic acids is 2. The van der Waals surface area contributed by atoms with Crippen molar-refractivity contribution in [2.45, 2.75) is 26.3 Å². The van der Waals surface area contributed by atoms with Gasteiger partial charge in [-0.1, -0.05) is 20.3 Å². The molecular weight excluding hydrogens is 282 g/mol. The summed E-state index contributed by atoms with van der Waals surface area (Å²) in [7, 11) is 1.50. The number of halogens is 1. The smallest absolute Gasteiger partial charge is 0.248 e. The Morgan fingerprint density at radius 2 is 1.70 bits per heavy atom. The fraction of sp³-hybridized carbons (Fsp3) is 0.846. The highest BCUT2D eigenvalue weighted by molar-refractivity contribution is 5.85. The fourth-order valence-electron chi connectivity index (χ4n) is 2.10. The van der Waals surface area contributed by atoms with Gasteiger partial charge < -0.3 is 20.3 Å². The number of ether oxygens (including phenoxy) is 1. The fourth-order valence-corrected chi connectivity index (χ4v) is 2.10. The highest BCUT2D eigenvalue weighted by atomic mass is 35.5. The van der Waals surface area contributed by atoms with Crippen molar-refractivity contribution in [3.63, 3.8) is 0 Å². The van der Waals surface area contributed by atoms with Crippen LogP contribution in [-0.4, -0.2) is 67.6 Å². The molecule has 2 N–H and O–H groups in total. The summed E-state index contributed by atoms with van der Waals surface area (Å²) in [5.74, 6) is 0.148. The summed E-state index contributed by atoms with van der Waals surface area (Å²) in [5.41, 5.74) is 5.95. The number of carbonyl (C=O) groups is 2. The van der Waals surface area contributed by atoms with Crippen molar-refractivity contribution in [2.24, 2.45) is 11.7 Å². The highest BCUT2D eigenvalue weighted by Gasteiger charge is 2.28. The van der Waals surface area contributed by atoms with Gasteiger partial charge in [0.05, 0.1) is 6.04 Å². The summed E-state index contributed by atoms with van der Waals surface area (Å²) in [6, 6.07) is -0.439. The molecule has 0 bridgehead atoms. The van der Waals surface area contributed by atoms with Gasteiger partial charge in [-0.3, -0.25) is 9.59 Å². The summed E-state index contributed by atoms with van der Waals surface area (Å²) < 4.78 is 4.82. The molecule has 2 unspecified atom stereocenters. The van der Waals surface area contributed by atoms with Gasteiger partial charge in [0.15, 0.2) is 0 Å². The summed E-state index contributed by atoms with van der Waals surface area (Å²) in [6.45, 7) is 6.33. The minimum Gasteiger partial charge on any atom is -0.375 e. The van der Waals surface area contributed by atoms with Crippen molar-refractivity contribution in [2.75, 3.05) is 39.9 Å². The van der Waals surface area contributed by atoms with Gasteiger partial charge in [0.2, 0.25) is 11.8 Å². The Hall–Kier alpha value is -0.850. The Bertz CT molecular complexity index is 320. The van der Waals surface area contributed by atoms with Gasteiger partial charge in [-0.05, 0) is 5.92 Å². The second-order valence-corrected chi connectivity index (χ2v) is 5.05. The zero-order chi connectivity index (χ0) is 14.4. The summed E-state index contributed by atoms with van der Waals surface area (Å²) in [6.07, 6.45) is 0.888. The van der Waals surface area contributed by atoms with Gasteiger partial charge in [-0.15, -0.1) is 12.4 Å². The van der Waals surface area contributed by atoms with E-state index in [1.165, 1.54) is 7.11 Å². The van der Waals surface area contributed by atoms with Crippen LogP contribution in [0.5, 0.6) is 0 Å². The Kier molecular flexibility index (Phi) is 8.76. The second kappa shape index (κ2) is 9.15. The Balaban J connectivity index is 0.00000361. The molecule has 1 heterocycles. The van der Waals surface area contributed by atoms with Gasteiger partial charge in [0.1, 0.15) is 6.61 Å². The first-order chi connectivity index (χ1) is 9.01. The van der Waals surface area contributed by atoms with Crippen molar-refractivity contribution in [1.82, 2.24) is 9.80 Å². The maximum atomic E-state index is 12.2. The molecule has 0 aliphatic carbocycles. The molecule has 6 nitrogen and oxygen atoms in total. The van der Waals surface area contributed by atoms with E-state index in [-0.39, 0.29) is 36.7 Å². The topological polar surface area (TPSA) is 75.9 Å². The van der Waals surface area contributed by atoms with Crippen LogP contribution in [0, 0.1) is 5.92 Å². The first kappa shape index (κ1) is 19.1. The molecule has 0 radical (unpaired) electrons. The van der Waals surface area contributed by atoms with E-state index >= 15 is 0 Å². The molecule has 0 saturated carbocycles. The quantitative estimate of drug-likeness (QED) is 0.781. The molecule has 20 heavy (non-hydrogen) atoms. The number of methoxy groups -OCH3 is 1. The molecule has 7 heteroatoms. The average Bonchev–Trinajstić information content (AvgIpc) is 2.45. The van der Waals surface area contributed by atoms with Gasteiger partial charge in [0.25, 0.3) is 0 Å². The summed E-state index contributed by atoms with van der Waals surface area (Å²) >= 11 is 0. The van der Waals surface area contributed by atoms with Crippen molar-refractivity contribution >= 4 is 24.2 Å². The van der Waals surface area contributed by atoms with Crippen LogP contribution in [0.15, 0.2) is 0 Å². The predicted octanol–water partition coefficient (Wildman–Crippen LogP) is 0.0988. The molecule has 0 spiro atoms. The number of piperazine rings is 1. The van der Waals surface area contributed by atoms with Crippen LogP contribution in [0.4, 0.5) is 0 Å². The van der Waals surface area contributed by atoms with Crippen LogP contribution in [0.2, 0.25) is 0 Å². The highest BCUT2D eigenvalue weighted by Crippen LogP contribution is 2.11. The van der Waals surface area contributed by atoms with Crippen LogP contribution in [0.25, 0.3) is 0 Å². The minimum atomic E-state index is -0.439. The molecule has 1 aliphatic heterocycles. The third kappa shape index (κ3) is 4.92. The Labute approximate surface area is 127 Å². The van der Waals surface area contributed by atoms with E-state index in [1.807, 2.05) is 13.8 Å². The normalized spacial score (nSPS) is 18.2. The zero-order valence-corrected chi connectivity index (χ0v) is 13.3. The van der Waals surface area contributed by atoms with E-state index in [0.717, 1.165) is 6.42 Å². The molecular formula is C13H26ClN3O3. The van der Waals surface area contributed by atoms with Gasteiger partial charge in [0, 0.05) is 33.3 Å². The van der Waals surface area contributed by atoms with E-state index in [2.05, 4.69) is 0 Å². The van der Waals surface area contributed by atoms with Gasteiger partial charge >= 0.3 is 0 Å². The van der Waals surface area contributed by atoms with E-state index in [1.54, 1.807) is 9.80 Å². The van der Waals surface area contributed by atoms with Crippen LogP contribution in [0.3, 0.4) is 0 Å². The van der Waals surface area contributed by atoms with Crippen molar-refractivity contribution in [3.05, 3.63) is 0 Å². The van der Waals surface area contributed by atoms with Crippen LogP contribution >= 0.6 is 12.4 Å². The molecule has 1 fully saturated rings. The summed E-state index contributed by atoms with van der Waals surface area (Å²) in [5, 5.41) is 0. The van der Waals surface area contributed by atoms with Crippen molar-refractivity contribution in [1.29, 1.82) is 0 Å². The maximum absolute atomic E-state index is 12.2. The molecule has 1 saturated heterocycles. The molecule has 1 rings (SSSR count). The van der Waals surface area contributed by atoms with Gasteiger partial charge in [-0.2, -0.15) is 0 Å². The van der Waals surface area contributed by atoms with Gasteiger partial charge in [-0.25, -0.2) is 0 Å². The molecule has 118 valence electrons. The molecule has 1 aliphatic rings. The van der Waals surface area contributed by atoms with E-state index < -0.39 is 6.04 Å². The van der Waals surface area contributed by atoms with Crippen LogP contribution in [0.1, 0.15) is 20.3 Å². The standard InChI is InChI=1S/C13H25N3O3.ClH/c1-4-10(2)12(14)13(18)16-7-5-15(6-8-16)11(17)9-19-3;/h10,12H,4-9,14H2,1-3H3;1H. The first-order valence-corrected chi connectivity index (χ1v) is 6.82. The number of hydrogen-bond acceptors (Lipinski definition) is 4. The number of rotatable bonds is 5. The average molecular weight is 308 g/mol. The lowest BCUT2D eigenvalue weighted by Crippen LogP contribution is -2.55. The SMILES string of the molecule is CCC(C)C(N)C(=O)N1CCN(C(=O)COC)CC1.Cl. The lowest BCUT2D eigenvalue weighted by molar-refractivity contribution is -0.142. The van der Waals surface area contributed by atoms with Crippen LogP contribution in [-0.2, 0) is 14.3 Å². The second-order valence-electron chi connectivity index (χ2n) is 5.05. The Morgan fingerprint density at radius 1 is 1.20 bits per heavy atom. The van der Waals surface area contributed by atoms with E-state index in [4.69, 9.17) is 10.5 Å². The molecule has 2 atom stereocenters.